The van der Waals surface area contributed by atoms with Gasteiger partial charge in [0.2, 0.25) is 5.78 Å². The number of ketones is 1. The minimum absolute atomic E-state index is 0.171. The molecule has 2 fully saturated rings. The van der Waals surface area contributed by atoms with Crippen molar-refractivity contribution in [3.63, 3.8) is 0 Å². The van der Waals surface area contributed by atoms with Crippen LogP contribution in [0.5, 0.6) is 0 Å². The van der Waals surface area contributed by atoms with E-state index in [1.807, 2.05) is 0 Å². The first-order chi connectivity index (χ1) is 9.07. The molecule has 0 aromatic rings. The van der Waals surface area contributed by atoms with Gasteiger partial charge in [0.15, 0.2) is 0 Å². The molecule has 2 aliphatic rings. The zero-order valence-corrected chi connectivity index (χ0v) is 12.7. The molecule has 0 amide bonds. The Labute approximate surface area is 122 Å². The quantitative estimate of drug-likeness (QED) is 0.223. The summed E-state index contributed by atoms with van der Waals surface area (Å²) < 4.78 is 64.1. The Bertz CT molecular complexity index is 564. The predicted octanol–water partition coefficient (Wildman–Crippen LogP) is -2.76. The third-order valence-corrected chi connectivity index (χ3v) is 8.23. The lowest BCUT2D eigenvalue weighted by atomic mass is 10.3. The van der Waals surface area contributed by atoms with Crippen LogP contribution < -0.4 is 20.1 Å². The molecule has 11 nitrogen and oxygen atoms in total. The number of hydrogen-bond donors (Lipinski definition) is 6. The molecule has 20 heavy (non-hydrogen) atoms. The smallest absolute Gasteiger partial charge is 0.291 e. The van der Waals surface area contributed by atoms with Crippen LogP contribution in [0.3, 0.4) is 0 Å². The van der Waals surface area contributed by atoms with Crippen molar-refractivity contribution in [1.29, 1.82) is 0 Å². The fourth-order valence-electron chi connectivity index (χ4n) is 1.64. The van der Waals surface area contributed by atoms with E-state index in [4.69, 9.17) is 0 Å². The van der Waals surface area contributed by atoms with Crippen molar-refractivity contribution in [3.05, 3.63) is 0 Å². The Morgan fingerprint density at radius 1 is 0.900 bits per heavy atom. The first kappa shape index (κ1) is 16.4. The molecule has 116 valence electrons. The molecule has 2 rings (SSSR count). The summed E-state index contributed by atoms with van der Waals surface area (Å²) in [6.45, 7) is -0.342. The third kappa shape index (κ3) is 2.27. The molecule has 0 aromatic heterocycles. The van der Waals surface area contributed by atoms with Crippen LogP contribution >= 0.6 is 23.9 Å². The number of nitrogens with one attached hydrogen (secondary N) is 4. The van der Waals surface area contributed by atoms with Crippen molar-refractivity contribution in [1.82, 2.24) is 20.1 Å². The molecular weight excluding hydrogens is 356 g/mol. The fourth-order valence-corrected chi connectivity index (χ4v) is 5.86. The summed E-state index contributed by atoms with van der Waals surface area (Å²) in [7, 11) is -10.0. The zero-order valence-electron chi connectivity index (χ0n) is 9.48. The van der Waals surface area contributed by atoms with Crippen molar-refractivity contribution in [2.75, 3.05) is 13.3 Å². The van der Waals surface area contributed by atoms with E-state index in [-0.39, 0.29) is 13.3 Å². The molecule has 0 spiro atoms. The minimum atomic E-state index is -5.02. The third-order valence-electron chi connectivity index (χ3n) is 2.54. The lowest BCUT2D eigenvalue weighted by Crippen LogP contribution is -2.65. The summed E-state index contributed by atoms with van der Waals surface area (Å²) in [6, 6.07) is 0. The highest BCUT2D eigenvalue weighted by molar-refractivity contribution is 8.15. The van der Waals surface area contributed by atoms with E-state index >= 15 is 0 Å². The Balaban J connectivity index is 2.58. The second kappa shape index (κ2) is 5.04. The molecule has 15 heteroatoms. The van der Waals surface area contributed by atoms with Crippen molar-refractivity contribution in [2.45, 2.75) is 8.41 Å². The standard InChI is InChI=1S/C5H10N4O7S4/c10-3(4(19(11,12)13)6-1-8-17-4)5(20(14,15)16)7-2-9-18-5/h6-9H,1-2H2,(H,11,12,13)(H,14,15,16). The zero-order chi connectivity index (χ0) is 15.2. The molecule has 6 N–H and O–H groups in total. The lowest BCUT2D eigenvalue weighted by Gasteiger charge is -2.30. The summed E-state index contributed by atoms with van der Waals surface area (Å²) in [5.41, 5.74) is 0. The molecule has 0 radical (unpaired) electrons. The van der Waals surface area contributed by atoms with Crippen molar-refractivity contribution in [2.24, 2.45) is 0 Å². The van der Waals surface area contributed by atoms with Gasteiger partial charge in [-0.05, 0) is 23.9 Å². The van der Waals surface area contributed by atoms with Crippen LogP contribution in [0.1, 0.15) is 0 Å². The molecule has 0 saturated carbocycles. The SMILES string of the molecule is O=C(C1(S(=O)(=O)O)NCNS1)C1(S(=O)(=O)O)NCNS1. The average Bonchev–Trinajstić information content (AvgIpc) is 2.97. The molecule has 0 bridgehead atoms. The van der Waals surface area contributed by atoms with Crippen LogP contribution in [0.15, 0.2) is 0 Å². The minimum Gasteiger partial charge on any atom is -0.291 e. The number of carbonyl (C=O) groups is 1. The topological polar surface area (TPSA) is 174 Å². The fraction of sp³-hybridized carbons (Fsp3) is 0.800. The van der Waals surface area contributed by atoms with Gasteiger partial charge in [-0.15, -0.1) is 0 Å². The van der Waals surface area contributed by atoms with Crippen LogP contribution in [-0.2, 0) is 25.0 Å². The Hall–Kier alpha value is 0.0300. The highest BCUT2D eigenvalue weighted by atomic mass is 32.3. The van der Waals surface area contributed by atoms with Crippen LogP contribution in [0.25, 0.3) is 0 Å². The molecular formula is C5H10N4O7S4. The summed E-state index contributed by atoms with van der Waals surface area (Å²) in [5.74, 6) is -1.47. The molecule has 2 unspecified atom stereocenters. The maximum atomic E-state index is 12.5. The first-order valence-corrected chi connectivity index (χ1v) is 9.39. The predicted molar refractivity (Wildman–Crippen MR) is 71.0 cm³/mol. The molecule has 0 aliphatic carbocycles. The number of carbonyl (C=O) groups excluding carboxylic acids is 1. The maximum Gasteiger partial charge on any atom is 0.303 e. The van der Waals surface area contributed by atoms with E-state index < -0.39 is 34.4 Å². The molecule has 2 aliphatic heterocycles. The summed E-state index contributed by atoms with van der Waals surface area (Å²) in [4.78, 5) is 12.5. The average molecular weight is 366 g/mol. The second-order valence-electron chi connectivity index (χ2n) is 3.71. The van der Waals surface area contributed by atoms with Crippen LogP contribution in [0.4, 0.5) is 0 Å². The van der Waals surface area contributed by atoms with Crippen molar-refractivity contribution in [3.8, 4) is 0 Å². The van der Waals surface area contributed by atoms with E-state index in [1.54, 1.807) is 0 Å². The van der Waals surface area contributed by atoms with Gasteiger partial charge in [0, 0.05) is 0 Å². The van der Waals surface area contributed by atoms with E-state index in [0.29, 0.717) is 23.9 Å². The summed E-state index contributed by atoms with van der Waals surface area (Å²) in [5, 5.41) is 4.38. The van der Waals surface area contributed by atoms with Gasteiger partial charge in [-0.2, -0.15) is 16.8 Å². The number of rotatable bonds is 4. The first-order valence-electron chi connectivity index (χ1n) is 4.87. The molecule has 2 atom stereocenters. The van der Waals surface area contributed by atoms with E-state index in [2.05, 4.69) is 20.1 Å². The van der Waals surface area contributed by atoms with E-state index in [1.165, 1.54) is 0 Å². The molecule has 2 saturated heterocycles. The van der Waals surface area contributed by atoms with Crippen LogP contribution in [-0.4, -0.2) is 53.5 Å². The Kier molecular flexibility index (Phi) is 4.13. The van der Waals surface area contributed by atoms with E-state index in [0.717, 1.165) is 0 Å². The highest BCUT2D eigenvalue weighted by Crippen LogP contribution is 2.40. The van der Waals surface area contributed by atoms with E-state index in [9.17, 15) is 30.7 Å². The molecule has 0 aromatic carbocycles. The Morgan fingerprint density at radius 3 is 1.45 bits per heavy atom. The maximum absolute atomic E-state index is 12.5. The van der Waals surface area contributed by atoms with Crippen LogP contribution in [0.2, 0.25) is 0 Å². The van der Waals surface area contributed by atoms with Gasteiger partial charge in [0.1, 0.15) is 0 Å². The van der Waals surface area contributed by atoms with Gasteiger partial charge in [0.25, 0.3) is 8.41 Å². The van der Waals surface area contributed by atoms with Crippen LogP contribution in [0, 0.1) is 0 Å². The van der Waals surface area contributed by atoms with Gasteiger partial charge < -0.3 is 0 Å². The van der Waals surface area contributed by atoms with Gasteiger partial charge in [-0.25, -0.2) is 9.44 Å². The normalized spacial score (nSPS) is 35.3. The summed E-state index contributed by atoms with van der Waals surface area (Å²) in [6.07, 6.45) is 0. The highest BCUT2D eigenvalue weighted by Gasteiger charge is 2.67. The largest absolute Gasteiger partial charge is 0.303 e. The van der Waals surface area contributed by atoms with Gasteiger partial charge in [-0.1, -0.05) is 0 Å². The van der Waals surface area contributed by atoms with Gasteiger partial charge in [0.05, 0.1) is 13.3 Å². The number of hydrogen-bond acceptors (Lipinski definition) is 11. The van der Waals surface area contributed by atoms with Gasteiger partial charge in [-0.3, -0.25) is 24.5 Å². The summed E-state index contributed by atoms with van der Waals surface area (Å²) >= 11 is 0.602. The second-order valence-corrected chi connectivity index (χ2v) is 9.56. The van der Waals surface area contributed by atoms with Crippen molar-refractivity contribution >= 4 is 49.9 Å². The van der Waals surface area contributed by atoms with Crippen molar-refractivity contribution < 1.29 is 30.7 Å². The van der Waals surface area contributed by atoms with Gasteiger partial charge >= 0.3 is 20.2 Å². The monoisotopic (exact) mass is 366 g/mol. The Morgan fingerprint density at radius 2 is 1.25 bits per heavy atom. The molecule has 2 heterocycles. The lowest BCUT2D eigenvalue weighted by molar-refractivity contribution is -0.121. The number of Topliss-reactive ketones (excluding diaryl/α,β-unsaturated/α-hetero) is 1.